The Hall–Kier alpha value is -2.85. The fourth-order valence-corrected chi connectivity index (χ4v) is 3.69. The maximum atomic E-state index is 12.4. The van der Waals surface area contributed by atoms with Gasteiger partial charge in [0.1, 0.15) is 0 Å². The summed E-state index contributed by atoms with van der Waals surface area (Å²) in [5.41, 5.74) is 12.4. The van der Waals surface area contributed by atoms with E-state index in [0.717, 1.165) is 64.0 Å². The van der Waals surface area contributed by atoms with Gasteiger partial charge >= 0.3 is 6.09 Å². The average Bonchev–Trinajstić information content (AvgIpc) is 3.14. The van der Waals surface area contributed by atoms with Gasteiger partial charge in [0.2, 0.25) is 5.91 Å². The molecule has 1 aromatic carbocycles. The molecule has 0 saturated carbocycles. The number of piperidine rings is 1. The third-order valence-corrected chi connectivity index (χ3v) is 5.35. The zero-order chi connectivity index (χ0) is 22.6. The second-order valence-corrected chi connectivity index (χ2v) is 7.76. The van der Waals surface area contributed by atoms with Crippen LogP contribution in [0, 0.1) is 0 Å². The van der Waals surface area contributed by atoms with E-state index in [1.54, 1.807) is 6.07 Å². The Morgan fingerprint density at radius 1 is 1.26 bits per heavy atom. The second-order valence-electron chi connectivity index (χ2n) is 7.76. The van der Waals surface area contributed by atoms with Crippen molar-refractivity contribution >= 4 is 23.6 Å². The molecule has 172 valence electrons. The highest BCUT2D eigenvalue weighted by Crippen LogP contribution is 2.15. The molecule has 0 aliphatic carbocycles. The summed E-state index contributed by atoms with van der Waals surface area (Å²) in [5.74, 6) is 0.223. The average molecular weight is 435 g/mol. The summed E-state index contributed by atoms with van der Waals surface area (Å²) < 4.78 is 0. The Morgan fingerprint density at radius 2 is 1.97 bits per heavy atom. The highest BCUT2D eigenvalue weighted by atomic mass is 16.4. The van der Waals surface area contributed by atoms with Crippen LogP contribution in [0.3, 0.4) is 0 Å². The minimum Gasteiger partial charge on any atom is -0.465 e. The number of nitrogens with zero attached hydrogens (tertiary/aromatic N) is 1. The van der Waals surface area contributed by atoms with Crippen LogP contribution in [-0.2, 0) is 11.3 Å². The van der Waals surface area contributed by atoms with Gasteiger partial charge in [-0.05, 0) is 63.0 Å². The van der Waals surface area contributed by atoms with E-state index in [9.17, 15) is 9.59 Å². The maximum absolute atomic E-state index is 12.4. The summed E-state index contributed by atoms with van der Waals surface area (Å²) >= 11 is 0. The van der Waals surface area contributed by atoms with E-state index in [-0.39, 0.29) is 17.9 Å². The first kappa shape index (κ1) is 24.4. The van der Waals surface area contributed by atoms with Crippen molar-refractivity contribution in [2.24, 2.45) is 5.73 Å². The number of primary amides is 1. The van der Waals surface area contributed by atoms with Crippen molar-refractivity contribution in [1.29, 1.82) is 0 Å². The molecular formula is C21H34N6O4. The third-order valence-electron chi connectivity index (χ3n) is 5.35. The minimum atomic E-state index is -1.33. The van der Waals surface area contributed by atoms with Crippen molar-refractivity contribution in [3.05, 3.63) is 29.3 Å². The molecule has 1 aromatic rings. The predicted molar refractivity (Wildman–Crippen MR) is 119 cm³/mol. The fourth-order valence-electron chi connectivity index (χ4n) is 3.69. The highest BCUT2D eigenvalue weighted by Gasteiger charge is 2.19. The number of rotatable bonds is 8. The molecule has 2 heterocycles. The fraction of sp³-hybridized carbons (Fsp3) is 0.571. The standard InChI is InChI=1S/C20H31N5O2.CH3NO2/c21-18-13-15(20(27)24-17-6-9-22-10-7-17)4-5-16(18)14-23-8-2-12-25-11-1-3-19(25)26;2-1(3)4/h4-5,13,17,22-23H,1-3,6-12,14,21H2,(H,24,27);2H2,(H,3,4). The van der Waals surface area contributed by atoms with Crippen LogP contribution in [-0.4, -0.2) is 66.7 Å². The van der Waals surface area contributed by atoms with Gasteiger partial charge in [-0.2, -0.15) is 0 Å². The van der Waals surface area contributed by atoms with Gasteiger partial charge in [0.05, 0.1) is 0 Å². The zero-order valence-corrected chi connectivity index (χ0v) is 17.9. The Balaban J connectivity index is 0.000000785. The van der Waals surface area contributed by atoms with Crippen LogP contribution in [0.25, 0.3) is 0 Å². The smallest absolute Gasteiger partial charge is 0.402 e. The lowest BCUT2D eigenvalue weighted by atomic mass is 10.0. The van der Waals surface area contributed by atoms with Crippen LogP contribution < -0.4 is 27.4 Å². The molecule has 2 fully saturated rings. The van der Waals surface area contributed by atoms with Crippen molar-refractivity contribution in [2.45, 2.75) is 44.7 Å². The molecule has 0 spiro atoms. The number of hydrogen-bond donors (Lipinski definition) is 6. The first-order chi connectivity index (χ1) is 14.9. The van der Waals surface area contributed by atoms with Crippen molar-refractivity contribution in [2.75, 3.05) is 38.5 Å². The quantitative estimate of drug-likeness (QED) is 0.256. The van der Waals surface area contributed by atoms with Gasteiger partial charge in [-0.15, -0.1) is 0 Å². The molecule has 2 saturated heterocycles. The summed E-state index contributed by atoms with van der Waals surface area (Å²) in [4.78, 5) is 34.7. The Morgan fingerprint density at radius 3 is 2.58 bits per heavy atom. The number of carbonyl (C=O) groups excluding carboxylic acids is 2. The Labute approximate surface area is 182 Å². The summed E-state index contributed by atoms with van der Waals surface area (Å²) in [5, 5.41) is 16.9. The summed E-state index contributed by atoms with van der Waals surface area (Å²) in [6, 6.07) is 5.76. The number of benzene rings is 1. The summed E-state index contributed by atoms with van der Waals surface area (Å²) in [6.07, 6.45) is 3.21. The predicted octanol–water partition coefficient (Wildman–Crippen LogP) is 0.476. The van der Waals surface area contributed by atoms with E-state index in [2.05, 4.69) is 21.7 Å². The SMILES string of the molecule is NC(=O)O.Nc1cc(C(=O)NC2CCNCC2)ccc1CNCCCN1CCCC1=O. The molecule has 0 radical (unpaired) electrons. The topological polar surface area (TPSA) is 163 Å². The third kappa shape index (κ3) is 8.81. The number of carboxylic acid groups (broad SMARTS) is 1. The molecule has 0 bridgehead atoms. The molecule has 8 N–H and O–H groups in total. The molecule has 3 rings (SSSR count). The maximum Gasteiger partial charge on any atom is 0.402 e. The number of nitrogen functional groups attached to an aromatic ring is 1. The number of hydrogen-bond acceptors (Lipinski definition) is 6. The van der Waals surface area contributed by atoms with E-state index < -0.39 is 6.09 Å². The Bertz CT molecular complexity index is 747. The summed E-state index contributed by atoms with van der Waals surface area (Å²) in [6.45, 7) is 5.11. The van der Waals surface area contributed by atoms with Crippen LogP contribution in [0.4, 0.5) is 10.5 Å². The first-order valence-corrected chi connectivity index (χ1v) is 10.7. The first-order valence-electron chi connectivity index (χ1n) is 10.7. The van der Waals surface area contributed by atoms with Crippen molar-refractivity contribution in [3.63, 3.8) is 0 Å². The number of anilines is 1. The van der Waals surface area contributed by atoms with Gasteiger partial charge in [0.25, 0.3) is 5.91 Å². The second kappa shape index (κ2) is 12.8. The lowest BCUT2D eigenvalue weighted by molar-refractivity contribution is -0.127. The van der Waals surface area contributed by atoms with Gasteiger partial charge in [-0.1, -0.05) is 6.07 Å². The highest BCUT2D eigenvalue weighted by molar-refractivity contribution is 5.95. The number of amides is 3. The molecular weight excluding hydrogens is 400 g/mol. The molecule has 0 unspecified atom stereocenters. The van der Waals surface area contributed by atoms with Gasteiger partial charge in [-0.25, -0.2) is 4.79 Å². The normalized spacial score (nSPS) is 16.5. The van der Waals surface area contributed by atoms with Crippen LogP contribution in [0.2, 0.25) is 0 Å². The molecule has 0 atom stereocenters. The monoisotopic (exact) mass is 434 g/mol. The van der Waals surface area contributed by atoms with Crippen molar-refractivity contribution in [1.82, 2.24) is 20.9 Å². The van der Waals surface area contributed by atoms with Crippen molar-refractivity contribution in [3.8, 4) is 0 Å². The number of carbonyl (C=O) groups is 3. The molecule has 31 heavy (non-hydrogen) atoms. The summed E-state index contributed by atoms with van der Waals surface area (Å²) in [7, 11) is 0. The Kier molecular flexibility index (Phi) is 10.0. The lowest BCUT2D eigenvalue weighted by Crippen LogP contribution is -2.42. The van der Waals surface area contributed by atoms with Crippen LogP contribution in [0.5, 0.6) is 0 Å². The van der Waals surface area contributed by atoms with Gasteiger partial charge in [0, 0.05) is 43.3 Å². The lowest BCUT2D eigenvalue weighted by Gasteiger charge is -2.23. The van der Waals surface area contributed by atoms with Gasteiger partial charge in [0.15, 0.2) is 0 Å². The zero-order valence-electron chi connectivity index (χ0n) is 17.9. The van der Waals surface area contributed by atoms with E-state index in [1.807, 2.05) is 17.0 Å². The molecule has 2 aliphatic rings. The largest absolute Gasteiger partial charge is 0.465 e. The van der Waals surface area contributed by atoms with E-state index in [4.69, 9.17) is 15.6 Å². The molecule has 10 heteroatoms. The van der Waals surface area contributed by atoms with E-state index >= 15 is 0 Å². The van der Waals surface area contributed by atoms with E-state index in [0.29, 0.717) is 24.2 Å². The van der Waals surface area contributed by atoms with Gasteiger partial charge in [-0.3, -0.25) is 9.59 Å². The van der Waals surface area contributed by atoms with Crippen LogP contribution in [0.15, 0.2) is 18.2 Å². The number of nitrogens with one attached hydrogen (secondary N) is 3. The van der Waals surface area contributed by atoms with E-state index in [1.165, 1.54) is 0 Å². The molecule has 0 aromatic heterocycles. The molecule has 2 aliphatic heterocycles. The number of likely N-dealkylation sites (tertiary alicyclic amines) is 1. The van der Waals surface area contributed by atoms with Crippen LogP contribution in [0.1, 0.15) is 48.0 Å². The van der Waals surface area contributed by atoms with Gasteiger partial charge < -0.3 is 37.4 Å². The number of nitrogens with two attached hydrogens (primary N) is 2. The molecule has 3 amide bonds. The molecule has 10 nitrogen and oxygen atoms in total. The minimum absolute atomic E-state index is 0.0524. The van der Waals surface area contributed by atoms with Crippen molar-refractivity contribution < 1.29 is 19.5 Å². The van der Waals surface area contributed by atoms with Crippen LogP contribution >= 0.6 is 0 Å².